The Hall–Kier alpha value is -0.920. The molecule has 1 aliphatic rings. The van der Waals surface area contributed by atoms with Crippen LogP contribution in [0.15, 0.2) is 22.7 Å². The van der Waals surface area contributed by atoms with Gasteiger partial charge in [-0.3, -0.25) is 4.79 Å². The Morgan fingerprint density at radius 1 is 1.52 bits per heavy atom. The molecule has 1 aromatic carbocycles. The van der Waals surface area contributed by atoms with E-state index in [1.807, 2.05) is 0 Å². The Kier molecular flexibility index (Phi) is 5.78. The highest BCUT2D eigenvalue weighted by Crippen LogP contribution is 2.28. The summed E-state index contributed by atoms with van der Waals surface area (Å²) in [5.74, 6) is 0.194. The highest BCUT2D eigenvalue weighted by molar-refractivity contribution is 9.10. The second-order valence-electron chi connectivity index (χ2n) is 4.38. The van der Waals surface area contributed by atoms with Crippen molar-refractivity contribution in [3.05, 3.63) is 27.7 Å². The van der Waals surface area contributed by atoms with Gasteiger partial charge in [0.15, 0.2) is 6.61 Å². The zero-order valence-electron chi connectivity index (χ0n) is 10.9. The van der Waals surface area contributed by atoms with Crippen LogP contribution in [-0.4, -0.2) is 52.6 Å². The molecule has 1 N–H and O–H groups in total. The fourth-order valence-electron chi connectivity index (χ4n) is 1.92. The van der Waals surface area contributed by atoms with E-state index in [-0.39, 0.29) is 12.5 Å². The lowest BCUT2D eigenvalue weighted by Crippen LogP contribution is -2.51. The molecule has 0 saturated carbocycles. The van der Waals surface area contributed by atoms with Gasteiger partial charge in [-0.15, -0.1) is 0 Å². The number of halogens is 2. The summed E-state index contributed by atoms with van der Waals surface area (Å²) in [7, 11) is 0. The molecule has 5 nitrogen and oxygen atoms in total. The van der Waals surface area contributed by atoms with Crippen LogP contribution in [0.4, 0.5) is 0 Å². The van der Waals surface area contributed by atoms with Gasteiger partial charge >= 0.3 is 5.97 Å². The molecule has 1 amide bonds. The van der Waals surface area contributed by atoms with Gasteiger partial charge in [0.1, 0.15) is 11.8 Å². The quantitative estimate of drug-likeness (QED) is 0.850. The molecule has 114 valence electrons. The lowest BCUT2D eigenvalue weighted by Gasteiger charge is -2.32. The third kappa shape index (κ3) is 4.28. The molecule has 1 aliphatic heterocycles. The highest BCUT2D eigenvalue weighted by atomic mass is 79.9. The molecule has 1 saturated heterocycles. The number of rotatable bonds is 4. The first-order valence-electron chi connectivity index (χ1n) is 6.17. The lowest BCUT2D eigenvalue weighted by molar-refractivity contribution is -0.150. The van der Waals surface area contributed by atoms with E-state index in [4.69, 9.17) is 21.4 Å². The molecular formula is C13H13BrClNO4S. The Balaban J connectivity index is 1.98. The minimum Gasteiger partial charge on any atom is -0.482 e. The van der Waals surface area contributed by atoms with Crippen LogP contribution in [0.1, 0.15) is 0 Å². The van der Waals surface area contributed by atoms with E-state index in [1.54, 1.807) is 18.2 Å². The van der Waals surface area contributed by atoms with Gasteiger partial charge in [0, 0.05) is 22.5 Å². The molecule has 0 aliphatic carbocycles. The van der Waals surface area contributed by atoms with Crippen LogP contribution in [0.5, 0.6) is 5.75 Å². The van der Waals surface area contributed by atoms with E-state index in [9.17, 15) is 9.59 Å². The second kappa shape index (κ2) is 7.38. The van der Waals surface area contributed by atoms with E-state index < -0.39 is 12.0 Å². The fraction of sp³-hybridized carbons (Fsp3) is 0.385. The second-order valence-corrected chi connectivity index (χ2v) is 6.85. The van der Waals surface area contributed by atoms with Crippen molar-refractivity contribution in [3.8, 4) is 5.75 Å². The van der Waals surface area contributed by atoms with Gasteiger partial charge in [0.25, 0.3) is 5.91 Å². The molecule has 1 heterocycles. The molecule has 1 atom stereocenters. The molecule has 1 unspecified atom stereocenters. The fourth-order valence-corrected chi connectivity index (χ4v) is 3.69. The molecule has 1 fully saturated rings. The number of amides is 1. The van der Waals surface area contributed by atoms with Gasteiger partial charge in [-0.2, -0.15) is 11.8 Å². The molecule has 8 heteroatoms. The molecule has 2 rings (SSSR count). The molecule has 0 spiro atoms. The van der Waals surface area contributed by atoms with Crippen molar-refractivity contribution in [2.24, 2.45) is 0 Å². The van der Waals surface area contributed by atoms with E-state index in [0.29, 0.717) is 23.1 Å². The van der Waals surface area contributed by atoms with Crippen molar-refractivity contribution in [3.63, 3.8) is 0 Å². The van der Waals surface area contributed by atoms with Crippen molar-refractivity contribution >= 4 is 51.2 Å². The Morgan fingerprint density at radius 2 is 2.29 bits per heavy atom. The Morgan fingerprint density at radius 3 is 2.95 bits per heavy atom. The number of thioether (sulfide) groups is 1. The van der Waals surface area contributed by atoms with Crippen LogP contribution in [0.3, 0.4) is 0 Å². The number of carboxylic acid groups (broad SMARTS) is 1. The maximum atomic E-state index is 12.1. The zero-order valence-corrected chi connectivity index (χ0v) is 14.1. The Bertz CT molecular complexity index is 557. The zero-order chi connectivity index (χ0) is 15.4. The van der Waals surface area contributed by atoms with E-state index in [0.717, 1.165) is 10.2 Å². The summed E-state index contributed by atoms with van der Waals surface area (Å²) in [5, 5.41) is 9.53. The van der Waals surface area contributed by atoms with Gasteiger partial charge < -0.3 is 14.7 Å². The number of hydrogen-bond donors (Lipinski definition) is 1. The topological polar surface area (TPSA) is 66.8 Å². The molecule has 0 aromatic heterocycles. The Labute approximate surface area is 139 Å². The van der Waals surface area contributed by atoms with Gasteiger partial charge in [-0.25, -0.2) is 4.79 Å². The van der Waals surface area contributed by atoms with Crippen LogP contribution >= 0.6 is 39.3 Å². The van der Waals surface area contributed by atoms with Crippen molar-refractivity contribution in [2.45, 2.75) is 6.04 Å². The number of aliphatic carboxylic acids is 1. The van der Waals surface area contributed by atoms with Gasteiger partial charge in [-0.1, -0.05) is 27.5 Å². The number of carbonyl (C=O) groups is 2. The average molecular weight is 395 g/mol. The molecule has 21 heavy (non-hydrogen) atoms. The summed E-state index contributed by atoms with van der Waals surface area (Å²) in [5.41, 5.74) is 0. The summed E-state index contributed by atoms with van der Waals surface area (Å²) < 4.78 is 6.20. The summed E-state index contributed by atoms with van der Waals surface area (Å²) in [6.45, 7) is 0.188. The predicted molar refractivity (Wildman–Crippen MR) is 85.1 cm³/mol. The maximum absolute atomic E-state index is 12.1. The summed E-state index contributed by atoms with van der Waals surface area (Å²) in [6, 6.07) is 4.28. The number of nitrogens with zero attached hydrogens (tertiary/aromatic N) is 1. The van der Waals surface area contributed by atoms with Crippen LogP contribution in [-0.2, 0) is 9.59 Å². The van der Waals surface area contributed by atoms with Gasteiger partial charge in [0.2, 0.25) is 0 Å². The number of ether oxygens (including phenoxy) is 1. The normalized spacial score (nSPS) is 18.4. The summed E-state index contributed by atoms with van der Waals surface area (Å²) >= 11 is 10.8. The first kappa shape index (κ1) is 16.5. The average Bonchev–Trinajstić information content (AvgIpc) is 2.46. The minimum atomic E-state index is -0.989. The van der Waals surface area contributed by atoms with Gasteiger partial charge in [0.05, 0.1) is 5.02 Å². The number of benzene rings is 1. The van der Waals surface area contributed by atoms with Crippen molar-refractivity contribution < 1.29 is 19.4 Å². The van der Waals surface area contributed by atoms with E-state index in [2.05, 4.69) is 15.9 Å². The molecular weight excluding hydrogens is 382 g/mol. The third-order valence-electron chi connectivity index (χ3n) is 2.98. The first-order valence-corrected chi connectivity index (χ1v) is 8.49. The van der Waals surface area contributed by atoms with Crippen LogP contribution in [0.25, 0.3) is 0 Å². The minimum absolute atomic E-state index is 0.226. The lowest BCUT2D eigenvalue weighted by atomic mass is 10.2. The highest BCUT2D eigenvalue weighted by Gasteiger charge is 2.32. The summed E-state index contributed by atoms with van der Waals surface area (Å²) in [6.07, 6.45) is 0. The van der Waals surface area contributed by atoms with Crippen LogP contribution in [0, 0.1) is 0 Å². The van der Waals surface area contributed by atoms with Crippen molar-refractivity contribution in [1.82, 2.24) is 4.90 Å². The van der Waals surface area contributed by atoms with Crippen molar-refractivity contribution in [2.75, 3.05) is 24.7 Å². The molecule has 1 aromatic rings. The number of hydrogen-bond acceptors (Lipinski definition) is 4. The number of carbonyl (C=O) groups excluding carboxylic acids is 1. The summed E-state index contributed by atoms with van der Waals surface area (Å²) in [4.78, 5) is 24.7. The first-order chi connectivity index (χ1) is 9.99. The van der Waals surface area contributed by atoms with Crippen LogP contribution in [0.2, 0.25) is 5.02 Å². The maximum Gasteiger partial charge on any atom is 0.327 e. The standard InChI is InChI=1S/C13H13BrClNO4S/c14-8-1-2-11(9(15)5-8)20-6-12(17)16-3-4-21-7-10(16)13(18)19/h1-2,5,10H,3-4,6-7H2,(H,18,19). The SMILES string of the molecule is O=C(O)C1CSCCN1C(=O)COc1ccc(Br)cc1Cl. The monoisotopic (exact) mass is 393 g/mol. The van der Waals surface area contributed by atoms with Crippen molar-refractivity contribution in [1.29, 1.82) is 0 Å². The van der Waals surface area contributed by atoms with Gasteiger partial charge in [-0.05, 0) is 18.2 Å². The predicted octanol–water partition coefficient (Wildman–Crippen LogP) is 2.51. The van der Waals surface area contributed by atoms with Crippen LogP contribution < -0.4 is 4.74 Å². The molecule has 0 bridgehead atoms. The smallest absolute Gasteiger partial charge is 0.327 e. The third-order valence-corrected chi connectivity index (χ3v) is 4.79. The molecule has 0 radical (unpaired) electrons. The van der Waals surface area contributed by atoms with E-state index in [1.165, 1.54) is 16.7 Å². The number of carboxylic acids is 1. The largest absolute Gasteiger partial charge is 0.482 e. The van der Waals surface area contributed by atoms with E-state index >= 15 is 0 Å².